The molecule has 116 valence electrons. The van der Waals surface area contributed by atoms with Gasteiger partial charge in [0.2, 0.25) is 10.0 Å². The number of methoxy groups -OCH3 is 1. The highest BCUT2D eigenvalue weighted by atomic mass is 32.2. The first-order chi connectivity index (χ1) is 9.94. The standard InChI is InChI=1S/C13H18N2O4S2/c1-19-13(16)11-3-2-9(14)8-12(11)21(17,18)15-10-4-6-20-7-5-10/h2-3,8,10,15H,4-7,14H2,1H3. The van der Waals surface area contributed by atoms with E-state index in [4.69, 9.17) is 5.73 Å². The number of carbonyl (C=O) groups excluding carboxylic acids is 1. The summed E-state index contributed by atoms with van der Waals surface area (Å²) >= 11 is 1.81. The second-order valence-electron chi connectivity index (χ2n) is 4.76. The van der Waals surface area contributed by atoms with Crippen molar-refractivity contribution in [1.29, 1.82) is 0 Å². The molecule has 8 heteroatoms. The smallest absolute Gasteiger partial charge is 0.339 e. The van der Waals surface area contributed by atoms with Crippen molar-refractivity contribution in [3.8, 4) is 0 Å². The molecule has 0 radical (unpaired) electrons. The molecule has 0 spiro atoms. The molecule has 0 bridgehead atoms. The lowest BCUT2D eigenvalue weighted by atomic mass is 10.2. The molecule has 6 nitrogen and oxygen atoms in total. The predicted octanol–water partition coefficient (Wildman–Crippen LogP) is 1.23. The lowest BCUT2D eigenvalue weighted by molar-refractivity contribution is 0.0596. The fourth-order valence-corrected chi connectivity index (χ4v) is 4.78. The summed E-state index contributed by atoms with van der Waals surface area (Å²) in [5, 5.41) is 0. The van der Waals surface area contributed by atoms with Crippen LogP contribution in [0.3, 0.4) is 0 Å². The van der Waals surface area contributed by atoms with Crippen molar-refractivity contribution in [3.63, 3.8) is 0 Å². The molecule has 21 heavy (non-hydrogen) atoms. The van der Waals surface area contributed by atoms with E-state index < -0.39 is 16.0 Å². The average molecular weight is 330 g/mol. The van der Waals surface area contributed by atoms with E-state index in [9.17, 15) is 13.2 Å². The normalized spacial score (nSPS) is 16.6. The Labute approximate surface area is 128 Å². The highest BCUT2D eigenvalue weighted by molar-refractivity contribution is 7.99. The quantitative estimate of drug-likeness (QED) is 0.636. The third-order valence-corrected chi connectivity index (χ3v) is 5.85. The third-order valence-electron chi connectivity index (χ3n) is 3.24. The van der Waals surface area contributed by atoms with Crippen molar-refractivity contribution in [2.45, 2.75) is 23.8 Å². The molecule has 0 saturated carbocycles. The molecule has 0 aliphatic carbocycles. The van der Waals surface area contributed by atoms with Crippen LogP contribution in [-0.4, -0.2) is 39.0 Å². The number of hydrogen-bond acceptors (Lipinski definition) is 6. The van der Waals surface area contributed by atoms with Crippen LogP contribution in [0.5, 0.6) is 0 Å². The average Bonchev–Trinajstić information content (AvgIpc) is 2.47. The largest absolute Gasteiger partial charge is 0.465 e. The van der Waals surface area contributed by atoms with E-state index in [2.05, 4.69) is 9.46 Å². The van der Waals surface area contributed by atoms with Crippen molar-refractivity contribution in [2.24, 2.45) is 0 Å². The Hall–Kier alpha value is -1.25. The Kier molecular flexibility index (Phi) is 5.13. The Bertz CT molecular complexity index is 625. The minimum Gasteiger partial charge on any atom is -0.465 e. The number of ether oxygens (including phenoxy) is 1. The van der Waals surface area contributed by atoms with Crippen LogP contribution in [0.1, 0.15) is 23.2 Å². The van der Waals surface area contributed by atoms with Gasteiger partial charge < -0.3 is 10.5 Å². The monoisotopic (exact) mass is 330 g/mol. The molecule has 1 aromatic rings. The lowest BCUT2D eigenvalue weighted by Crippen LogP contribution is -2.38. The van der Waals surface area contributed by atoms with Gasteiger partial charge in [-0.05, 0) is 42.5 Å². The summed E-state index contributed by atoms with van der Waals surface area (Å²) < 4.78 is 32.3. The molecular weight excluding hydrogens is 312 g/mol. The Morgan fingerprint density at radius 1 is 1.38 bits per heavy atom. The number of rotatable bonds is 4. The number of esters is 1. The molecule has 2 rings (SSSR count). The van der Waals surface area contributed by atoms with E-state index in [1.54, 1.807) is 11.8 Å². The van der Waals surface area contributed by atoms with Gasteiger partial charge in [0.15, 0.2) is 0 Å². The van der Waals surface area contributed by atoms with Crippen molar-refractivity contribution in [1.82, 2.24) is 4.72 Å². The van der Waals surface area contributed by atoms with Crippen LogP contribution < -0.4 is 10.5 Å². The number of thioether (sulfide) groups is 1. The van der Waals surface area contributed by atoms with Crippen LogP contribution in [0.4, 0.5) is 5.69 Å². The molecule has 1 aliphatic heterocycles. The number of nitrogen functional groups attached to an aromatic ring is 1. The maximum atomic E-state index is 12.5. The first-order valence-electron chi connectivity index (χ1n) is 6.52. The molecular formula is C13H18N2O4S2. The van der Waals surface area contributed by atoms with Crippen molar-refractivity contribution in [3.05, 3.63) is 23.8 Å². The van der Waals surface area contributed by atoms with Crippen LogP contribution in [0.25, 0.3) is 0 Å². The van der Waals surface area contributed by atoms with Gasteiger partial charge in [-0.1, -0.05) is 0 Å². The third kappa shape index (κ3) is 3.90. The fourth-order valence-electron chi connectivity index (χ4n) is 2.14. The second kappa shape index (κ2) is 6.67. The van der Waals surface area contributed by atoms with Crippen molar-refractivity contribution < 1.29 is 17.9 Å². The SMILES string of the molecule is COC(=O)c1ccc(N)cc1S(=O)(=O)NC1CCSCC1. The molecule has 0 atom stereocenters. The van der Waals surface area contributed by atoms with E-state index >= 15 is 0 Å². The van der Waals surface area contributed by atoms with Crippen molar-refractivity contribution >= 4 is 33.4 Å². The van der Waals surface area contributed by atoms with Crippen LogP contribution in [0.15, 0.2) is 23.1 Å². The Morgan fingerprint density at radius 3 is 2.67 bits per heavy atom. The van der Waals surface area contributed by atoms with Crippen LogP contribution in [0.2, 0.25) is 0 Å². The minimum absolute atomic E-state index is 0.00983. The van der Waals surface area contributed by atoms with Crippen molar-refractivity contribution in [2.75, 3.05) is 24.3 Å². The summed E-state index contributed by atoms with van der Waals surface area (Å²) in [6.07, 6.45) is 1.56. The minimum atomic E-state index is -3.81. The van der Waals surface area contributed by atoms with Gasteiger partial charge in [0.05, 0.1) is 17.6 Å². The van der Waals surface area contributed by atoms with E-state index in [1.165, 1.54) is 25.3 Å². The molecule has 1 aliphatic rings. The number of anilines is 1. The predicted molar refractivity (Wildman–Crippen MR) is 82.9 cm³/mol. The maximum absolute atomic E-state index is 12.5. The highest BCUT2D eigenvalue weighted by Crippen LogP contribution is 2.23. The number of carbonyl (C=O) groups is 1. The van der Waals surface area contributed by atoms with Gasteiger partial charge in [-0.25, -0.2) is 17.9 Å². The van der Waals surface area contributed by atoms with Crippen LogP contribution >= 0.6 is 11.8 Å². The first-order valence-corrected chi connectivity index (χ1v) is 9.16. The van der Waals surface area contributed by atoms with Gasteiger partial charge in [-0.2, -0.15) is 11.8 Å². The summed E-state index contributed by atoms with van der Waals surface area (Å²) in [6, 6.07) is 4.02. The lowest BCUT2D eigenvalue weighted by Gasteiger charge is -2.23. The van der Waals surface area contributed by atoms with Gasteiger partial charge >= 0.3 is 5.97 Å². The highest BCUT2D eigenvalue weighted by Gasteiger charge is 2.27. The maximum Gasteiger partial charge on any atom is 0.339 e. The summed E-state index contributed by atoms with van der Waals surface area (Å²) in [7, 11) is -2.60. The number of hydrogen-bond donors (Lipinski definition) is 2. The zero-order valence-electron chi connectivity index (χ0n) is 11.7. The number of nitrogens with two attached hydrogens (primary N) is 1. The van der Waals surface area contributed by atoms with E-state index in [1.807, 2.05) is 0 Å². The van der Waals surface area contributed by atoms with E-state index in [0.717, 1.165) is 24.3 Å². The fraction of sp³-hybridized carbons (Fsp3) is 0.462. The topological polar surface area (TPSA) is 98.5 Å². The zero-order chi connectivity index (χ0) is 15.5. The summed E-state index contributed by atoms with van der Waals surface area (Å²) in [6.45, 7) is 0. The van der Waals surface area contributed by atoms with E-state index in [0.29, 0.717) is 0 Å². The van der Waals surface area contributed by atoms with Crippen LogP contribution in [-0.2, 0) is 14.8 Å². The number of sulfonamides is 1. The van der Waals surface area contributed by atoms with Gasteiger partial charge in [-0.3, -0.25) is 0 Å². The Balaban J connectivity index is 2.33. The summed E-state index contributed by atoms with van der Waals surface area (Å²) in [5.41, 5.74) is 5.92. The second-order valence-corrected chi connectivity index (χ2v) is 7.66. The number of benzene rings is 1. The summed E-state index contributed by atoms with van der Waals surface area (Å²) in [4.78, 5) is 11.6. The molecule has 1 heterocycles. The molecule has 1 aromatic carbocycles. The zero-order valence-corrected chi connectivity index (χ0v) is 13.3. The first kappa shape index (κ1) is 16.1. The Morgan fingerprint density at radius 2 is 2.05 bits per heavy atom. The molecule has 1 fully saturated rings. The van der Waals surface area contributed by atoms with Gasteiger partial charge in [0, 0.05) is 11.7 Å². The number of nitrogens with one attached hydrogen (secondary N) is 1. The molecule has 0 unspecified atom stereocenters. The van der Waals surface area contributed by atoms with Gasteiger partial charge in [0.25, 0.3) is 0 Å². The molecule has 3 N–H and O–H groups in total. The van der Waals surface area contributed by atoms with E-state index in [-0.39, 0.29) is 22.2 Å². The van der Waals surface area contributed by atoms with Gasteiger partial charge in [0.1, 0.15) is 0 Å². The summed E-state index contributed by atoms with van der Waals surface area (Å²) in [5.74, 6) is 1.15. The van der Waals surface area contributed by atoms with Gasteiger partial charge in [-0.15, -0.1) is 0 Å². The molecule has 1 saturated heterocycles. The van der Waals surface area contributed by atoms with Crippen LogP contribution in [0, 0.1) is 0 Å². The molecule has 0 amide bonds. The molecule has 0 aromatic heterocycles.